The predicted octanol–water partition coefficient (Wildman–Crippen LogP) is 2.27. The molecule has 0 heterocycles. The van der Waals surface area contributed by atoms with Crippen LogP contribution in [0.15, 0.2) is 24.3 Å². The number of unbranched alkanes of at least 4 members (excludes halogenated alkanes) is 2. The molecule has 0 aliphatic rings. The minimum absolute atomic E-state index is 0. The van der Waals surface area contributed by atoms with Crippen LogP contribution >= 0.6 is 7.82 Å². The van der Waals surface area contributed by atoms with E-state index in [1.807, 2.05) is 0 Å². The average molecular weight is 324 g/mol. The Hall–Kier alpha value is 0.430. The second-order valence-corrected chi connectivity index (χ2v) is 6.25. The molecular formula is C14H21CaO4P. The van der Waals surface area contributed by atoms with Gasteiger partial charge in [0.1, 0.15) is 13.6 Å². The molecule has 0 fully saturated rings. The summed E-state index contributed by atoms with van der Waals surface area (Å²) in [5, 5.41) is 0. The molecule has 0 radical (unpaired) electrons. The Morgan fingerprint density at radius 3 is 2.20 bits per heavy atom. The number of benzene rings is 1. The molecule has 0 amide bonds. The minimum atomic E-state index is -4.94. The third kappa shape index (κ3) is 10.2. The molecule has 1 rings (SSSR count). The molecule has 0 saturated carbocycles. The van der Waals surface area contributed by atoms with E-state index in [1.165, 1.54) is 31.4 Å². The summed E-state index contributed by atoms with van der Waals surface area (Å²) in [4.78, 5) is 20.9. The average Bonchev–Trinajstić information content (AvgIpc) is 2.28. The molecule has 0 N–H and O–H groups in total. The van der Waals surface area contributed by atoms with Crippen molar-refractivity contribution in [2.24, 2.45) is 5.92 Å². The summed E-state index contributed by atoms with van der Waals surface area (Å²) in [6.07, 6.45) is 5.79. The Balaban J connectivity index is 0.00000361. The van der Waals surface area contributed by atoms with E-state index in [0.717, 1.165) is 24.3 Å². The monoisotopic (exact) mass is 324 g/mol. The van der Waals surface area contributed by atoms with Gasteiger partial charge in [0.2, 0.25) is 0 Å². The smallest absolute Gasteiger partial charge is 0.780 e. The molecule has 0 unspecified atom stereocenters. The maximum Gasteiger partial charge on any atom is 2.00 e. The Bertz CT molecular complexity index is 414. The first-order valence-corrected chi connectivity index (χ1v) is 8.13. The van der Waals surface area contributed by atoms with Crippen molar-refractivity contribution in [3.05, 3.63) is 29.8 Å². The number of rotatable bonds is 8. The molecule has 4 nitrogen and oxygen atoms in total. The van der Waals surface area contributed by atoms with Crippen LogP contribution in [0.5, 0.6) is 5.75 Å². The first-order valence-electron chi connectivity index (χ1n) is 6.67. The molecule has 1 aromatic carbocycles. The zero-order valence-corrected chi connectivity index (χ0v) is 15.3. The fourth-order valence-electron chi connectivity index (χ4n) is 1.90. The molecule has 0 saturated heterocycles. The van der Waals surface area contributed by atoms with Crippen LogP contribution in [0.4, 0.5) is 0 Å². The van der Waals surface area contributed by atoms with E-state index in [0.29, 0.717) is 0 Å². The van der Waals surface area contributed by atoms with E-state index in [9.17, 15) is 14.4 Å². The third-order valence-corrected chi connectivity index (χ3v) is 3.32. The largest absolute Gasteiger partial charge is 2.00 e. The van der Waals surface area contributed by atoms with E-state index in [1.54, 1.807) is 12.1 Å². The summed E-state index contributed by atoms with van der Waals surface area (Å²) < 4.78 is 14.7. The van der Waals surface area contributed by atoms with Crippen LogP contribution in [0.3, 0.4) is 0 Å². The minimum Gasteiger partial charge on any atom is -0.780 e. The zero-order valence-electron chi connectivity index (χ0n) is 12.2. The zero-order chi connectivity index (χ0) is 14.3. The molecule has 0 aliphatic carbocycles. The maximum atomic E-state index is 10.4. The summed E-state index contributed by atoms with van der Waals surface area (Å²) >= 11 is 0. The van der Waals surface area contributed by atoms with Crippen LogP contribution in [0.1, 0.15) is 45.1 Å². The quantitative estimate of drug-likeness (QED) is 0.418. The fourth-order valence-corrected chi connectivity index (χ4v) is 2.28. The number of hydrogen-bond donors (Lipinski definition) is 0. The van der Waals surface area contributed by atoms with E-state index >= 15 is 0 Å². The summed E-state index contributed by atoms with van der Waals surface area (Å²) in [7, 11) is -4.94. The molecular weight excluding hydrogens is 303 g/mol. The van der Waals surface area contributed by atoms with Gasteiger partial charge in [-0.25, -0.2) is 0 Å². The van der Waals surface area contributed by atoms with Gasteiger partial charge in [-0.15, -0.1) is 0 Å². The standard InChI is InChI=1S/C14H23O4P.Ca/c1-12(2)6-4-3-5-7-13-8-10-14(11-9-13)18-19(15,16)17;/h8-12H,3-7H2,1-2H3,(H2,15,16,17);/q;+2/p-2. The molecule has 6 heteroatoms. The van der Waals surface area contributed by atoms with Crippen LogP contribution in [-0.2, 0) is 11.0 Å². The van der Waals surface area contributed by atoms with E-state index < -0.39 is 7.82 Å². The van der Waals surface area contributed by atoms with E-state index in [2.05, 4.69) is 18.4 Å². The van der Waals surface area contributed by atoms with Crippen molar-refractivity contribution in [1.29, 1.82) is 0 Å². The second-order valence-electron chi connectivity index (χ2n) is 5.18. The van der Waals surface area contributed by atoms with Crippen molar-refractivity contribution in [2.45, 2.75) is 46.0 Å². The maximum absolute atomic E-state index is 10.4. The van der Waals surface area contributed by atoms with Gasteiger partial charge >= 0.3 is 37.7 Å². The normalized spacial score (nSPS) is 11.2. The number of phosphoric ester groups is 1. The van der Waals surface area contributed by atoms with Crippen LogP contribution in [0, 0.1) is 5.92 Å². The van der Waals surface area contributed by atoms with Gasteiger partial charge in [0.25, 0.3) is 0 Å². The van der Waals surface area contributed by atoms with E-state index in [4.69, 9.17) is 0 Å². The first kappa shape index (κ1) is 20.4. The van der Waals surface area contributed by atoms with Crippen molar-refractivity contribution in [1.82, 2.24) is 0 Å². The van der Waals surface area contributed by atoms with Crippen molar-refractivity contribution < 1.29 is 18.9 Å². The predicted molar refractivity (Wildman–Crippen MR) is 77.4 cm³/mol. The molecule has 108 valence electrons. The van der Waals surface area contributed by atoms with Crippen LogP contribution in [0.25, 0.3) is 0 Å². The SMILES string of the molecule is CC(C)CCCCCc1ccc(OP(=O)([O-])[O-])cc1.[Ca+2]. The van der Waals surface area contributed by atoms with Gasteiger partial charge in [-0.05, 0) is 36.5 Å². The second kappa shape index (κ2) is 10.2. The molecule has 0 spiro atoms. The van der Waals surface area contributed by atoms with Crippen LogP contribution < -0.4 is 14.3 Å². The molecule has 0 aliphatic heterocycles. The van der Waals surface area contributed by atoms with Crippen molar-refractivity contribution in [3.63, 3.8) is 0 Å². The summed E-state index contributed by atoms with van der Waals surface area (Å²) in [6, 6.07) is 6.64. The third-order valence-electron chi connectivity index (χ3n) is 2.89. The Labute approximate surface area is 151 Å². The molecule has 1 aromatic rings. The van der Waals surface area contributed by atoms with Gasteiger partial charge in [0, 0.05) is 0 Å². The summed E-state index contributed by atoms with van der Waals surface area (Å²) in [6.45, 7) is 4.45. The number of aryl methyl sites for hydroxylation is 1. The molecule has 0 atom stereocenters. The Morgan fingerprint density at radius 2 is 1.70 bits per heavy atom. The van der Waals surface area contributed by atoms with Gasteiger partial charge in [-0.1, -0.05) is 45.2 Å². The van der Waals surface area contributed by atoms with Crippen LogP contribution in [0.2, 0.25) is 0 Å². The van der Waals surface area contributed by atoms with Gasteiger partial charge < -0.3 is 18.9 Å². The fraction of sp³-hybridized carbons (Fsp3) is 0.571. The first-order chi connectivity index (χ1) is 8.87. The molecule has 0 bridgehead atoms. The van der Waals surface area contributed by atoms with Gasteiger partial charge in [-0.2, -0.15) is 0 Å². The molecule has 0 aromatic heterocycles. The van der Waals surface area contributed by atoms with Gasteiger partial charge in [0.05, 0.1) is 0 Å². The van der Waals surface area contributed by atoms with Crippen LogP contribution in [-0.4, -0.2) is 37.7 Å². The van der Waals surface area contributed by atoms with Crippen molar-refractivity contribution in [3.8, 4) is 5.75 Å². The van der Waals surface area contributed by atoms with Gasteiger partial charge in [0.15, 0.2) is 0 Å². The van der Waals surface area contributed by atoms with Crippen molar-refractivity contribution in [2.75, 3.05) is 0 Å². The van der Waals surface area contributed by atoms with Crippen molar-refractivity contribution >= 4 is 45.6 Å². The topological polar surface area (TPSA) is 72.4 Å². The Kier molecular flexibility index (Phi) is 10.4. The molecule has 20 heavy (non-hydrogen) atoms. The van der Waals surface area contributed by atoms with Gasteiger partial charge in [-0.3, -0.25) is 0 Å². The number of phosphoric acid groups is 1. The van der Waals surface area contributed by atoms with E-state index in [-0.39, 0.29) is 43.5 Å². The summed E-state index contributed by atoms with van der Waals surface area (Å²) in [5.41, 5.74) is 1.13. The number of hydrogen-bond acceptors (Lipinski definition) is 4. The Morgan fingerprint density at radius 1 is 1.10 bits per heavy atom. The summed E-state index contributed by atoms with van der Waals surface area (Å²) in [5.74, 6) is 0.836.